The van der Waals surface area contributed by atoms with Crippen LogP contribution in [0.2, 0.25) is 0 Å². The topological polar surface area (TPSA) is 70.5 Å². The Bertz CT molecular complexity index is 660. The van der Waals surface area contributed by atoms with Crippen LogP contribution in [-0.4, -0.2) is 18.4 Å². The quantitative estimate of drug-likeness (QED) is 0.412. The van der Waals surface area contributed by atoms with E-state index in [9.17, 15) is 0 Å². The number of hydrogen-bond donors (Lipinski definition) is 3. The molecule has 5 nitrogen and oxygen atoms in total. The van der Waals surface area contributed by atoms with Gasteiger partial charge in [-0.15, -0.1) is 10.5 Å². The Labute approximate surface area is 134 Å². The number of benzene rings is 2. The summed E-state index contributed by atoms with van der Waals surface area (Å²) in [5.74, 6) is 1.30. The van der Waals surface area contributed by atoms with Gasteiger partial charge < -0.3 is 15.2 Å². The van der Waals surface area contributed by atoms with Crippen molar-refractivity contribution in [3.05, 3.63) is 59.7 Å². The monoisotopic (exact) mass is 316 g/mol. The lowest BCUT2D eigenvalue weighted by molar-refractivity contribution is -0.499. The highest BCUT2D eigenvalue weighted by molar-refractivity contribution is 7.80. The number of ether oxygens (including phenoxy) is 2. The van der Waals surface area contributed by atoms with E-state index in [1.54, 1.807) is 13.3 Å². The van der Waals surface area contributed by atoms with E-state index in [0.717, 1.165) is 11.1 Å². The molecule has 0 aliphatic rings. The Morgan fingerprint density at radius 2 is 2.00 bits per heavy atom. The van der Waals surface area contributed by atoms with Crippen molar-refractivity contribution in [3.63, 3.8) is 0 Å². The van der Waals surface area contributed by atoms with Crippen molar-refractivity contribution in [3.8, 4) is 11.5 Å². The molecule has 0 radical (unpaired) electrons. The summed E-state index contributed by atoms with van der Waals surface area (Å²) in [5.41, 5.74) is 9.90. The molecule has 0 heterocycles. The van der Waals surface area contributed by atoms with Crippen LogP contribution < -0.4 is 25.7 Å². The van der Waals surface area contributed by atoms with Crippen molar-refractivity contribution in [2.24, 2.45) is 5.73 Å². The first-order valence-corrected chi connectivity index (χ1v) is 7.09. The molecule has 0 fully saturated rings. The van der Waals surface area contributed by atoms with E-state index in [1.807, 2.05) is 48.5 Å². The lowest BCUT2D eigenvalue weighted by Gasteiger charge is -2.12. The maximum Gasteiger partial charge on any atom is 0.221 e. The first kappa shape index (κ1) is 15.8. The molecule has 0 bridgehead atoms. The Balaban J connectivity index is 2.19. The average Bonchev–Trinajstić information content (AvgIpc) is 2.54. The number of nitrogens with one attached hydrogen (secondary N) is 2. The van der Waals surface area contributed by atoms with E-state index in [4.69, 9.17) is 27.4 Å². The standard InChI is InChI=1S/C16H17N3O2S/c1-20-14-9-5-8-13(10-18-19-16(17)22)15(14)21-11-12-6-3-2-4-7-12/h2-10H,11H2,1H3,(H3,17,19,22)/p+1. The number of para-hydroxylation sites is 1. The van der Waals surface area contributed by atoms with Gasteiger partial charge in [-0.2, -0.15) is 0 Å². The van der Waals surface area contributed by atoms with Crippen LogP contribution in [0.15, 0.2) is 48.5 Å². The van der Waals surface area contributed by atoms with Gasteiger partial charge in [0, 0.05) is 0 Å². The highest BCUT2D eigenvalue weighted by atomic mass is 32.1. The molecule has 6 heteroatoms. The maximum absolute atomic E-state index is 5.91. The third-order valence-electron chi connectivity index (χ3n) is 2.88. The zero-order chi connectivity index (χ0) is 15.8. The summed E-state index contributed by atoms with van der Waals surface area (Å²) in [6.07, 6.45) is 1.71. The van der Waals surface area contributed by atoms with Crippen LogP contribution in [-0.2, 0) is 6.61 Å². The van der Waals surface area contributed by atoms with E-state index in [-0.39, 0.29) is 5.11 Å². The van der Waals surface area contributed by atoms with Crippen LogP contribution in [0.4, 0.5) is 0 Å². The molecular weight excluding hydrogens is 298 g/mol. The Morgan fingerprint density at radius 3 is 2.68 bits per heavy atom. The van der Waals surface area contributed by atoms with Crippen molar-refractivity contribution < 1.29 is 14.6 Å². The van der Waals surface area contributed by atoms with Crippen LogP contribution in [0.1, 0.15) is 11.1 Å². The van der Waals surface area contributed by atoms with Gasteiger partial charge >= 0.3 is 0 Å². The number of methoxy groups -OCH3 is 1. The largest absolute Gasteiger partial charge is 0.493 e. The number of hydrazone groups is 1. The Morgan fingerprint density at radius 1 is 1.23 bits per heavy atom. The van der Waals surface area contributed by atoms with E-state index >= 15 is 0 Å². The van der Waals surface area contributed by atoms with Gasteiger partial charge in [0.2, 0.25) is 11.3 Å². The van der Waals surface area contributed by atoms with Gasteiger partial charge in [-0.1, -0.05) is 36.4 Å². The zero-order valence-corrected chi connectivity index (χ0v) is 13.0. The summed E-state index contributed by atoms with van der Waals surface area (Å²) in [7, 11) is 1.61. The summed E-state index contributed by atoms with van der Waals surface area (Å²) in [5, 5.41) is 2.97. The number of hydrogen-bond acceptors (Lipinski definition) is 3. The minimum absolute atomic E-state index is 0.158. The molecule has 0 aromatic heterocycles. The molecule has 4 N–H and O–H groups in total. The Hall–Kier alpha value is -2.60. The molecule has 0 atom stereocenters. The maximum atomic E-state index is 5.91. The second-order valence-electron chi connectivity index (χ2n) is 4.43. The molecule has 0 aliphatic carbocycles. The van der Waals surface area contributed by atoms with Crippen LogP contribution in [0, 0.1) is 0 Å². The fourth-order valence-electron chi connectivity index (χ4n) is 1.88. The SMILES string of the molecule is COc1cccc(C=[NH+]NC(N)=S)c1OCc1ccccc1. The number of rotatable bonds is 6. The molecule has 0 amide bonds. The molecule has 114 valence electrons. The summed E-state index contributed by atoms with van der Waals surface area (Å²) < 4.78 is 11.3. The van der Waals surface area contributed by atoms with Gasteiger partial charge in [-0.05, 0) is 29.9 Å². The summed E-state index contributed by atoms with van der Waals surface area (Å²) in [6, 6.07) is 15.6. The molecule has 22 heavy (non-hydrogen) atoms. The van der Waals surface area contributed by atoms with E-state index in [1.165, 1.54) is 0 Å². The second-order valence-corrected chi connectivity index (χ2v) is 4.87. The Kier molecular flexibility index (Phi) is 5.73. The highest BCUT2D eigenvalue weighted by Gasteiger charge is 2.11. The lowest BCUT2D eigenvalue weighted by Crippen LogP contribution is -2.82. The minimum atomic E-state index is 0.158. The molecule has 0 saturated heterocycles. The van der Waals surface area contributed by atoms with E-state index in [0.29, 0.717) is 18.1 Å². The predicted octanol–water partition coefficient (Wildman–Crippen LogP) is 0.522. The highest BCUT2D eigenvalue weighted by Crippen LogP contribution is 2.30. The average molecular weight is 316 g/mol. The minimum Gasteiger partial charge on any atom is -0.493 e. The van der Waals surface area contributed by atoms with Gasteiger partial charge in [-0.25, -0.2) is 0 Å². The molecule has 0 unspecified atom stereocenters. The second kappa shape index (κ2) is 7.99. The first-order valence-electron chi connectivity index (χ1n) is 6.68. The fourth-order valence-corrected chi connectivity index (χ4v) is 1.94. The van der Waals surface area contributed by atoms with Crippen molar-refractivity contribution in [2.45, 2.75) is 6.61 Å². The van der Waals surface area contributed by atoms with Gasteiger partial charge in [0.25, 0.3) is 0 Å². The fraction of sp³-hybridized carbons (Fsp3) is 0.125. The van der Waals surface area contributed by atoms with Gasteiger partial charge in [0.05, 0.1) is 12.7 Å². The zero-order valence-electron chi connectivity index (χ0n) is 12.2. The summed E-state index contributed by atoms with van der Waals surface area (Å²) >= 11 is 4.74. The van der Waals surface area contributed by atoms with Gasteiger partial charge in [-0.3, -0.25) is 0 Å². The third-order valence-corrected chi connectivity index (χ3v) is 2.98. The normalized spacial score (nSPS) is 10.4. The molecule has 0 saturated carbocycles. The molecule has 2 aromatic rings. The number of thiocarbonyl (C=S) groups is 1. The van der Waals surface area contributed by atoms with Crippen molar-refractivity contribution in [1.29, 1.82) is 0 Å². The van der Waals surface area contributed by atoms with Crippen molar-refractivity contribution >= 4 is 23.5 Å². The molecular formula is C16H18N3O2S+. The summed E-state index contributed by atoms with van der Waals surface area (Å²) in [4.78, 5) is 0. The third kappa shape index (κ3) is 4.46. The first-order chi connectivity index (χ1) is 10.7. The van der Waals surface area contributed by atoms with Gasteiger partial charge in [0.1, 0.15) is 6.61 Å². The number of hydrazine groups is 1. The van der Waals surface area contributed by atoms with Crippen molar-refractivity contribution in [1.82, 2.24) is 5.43 Å². The lowest BCUT2D eigenvalue weighted by atomic mass is 10.2. The smallest absolute Gasteiger partial charge is 0.221 e. The molecule has 0 spiro atoms. The van der Waals surface area contributed by atoms with Crippen LogP contribution in [0.3, 0.4) is 0 Å². The molecule has 2 rings (SSSR count). The summed E-state index contributed by atoms with van der Waals surface area (Å²) in [6.45, 7) is 0.449. The van der Waals surface area contributed by atoms with Crippen LogP contribution in [0.25, 0.3) is 0 Å². The van der Waals surface area contributed by atoms with E-state index in [2.05, 4.69) is 10.5 Å². The molecule has 0 aliphatic heterocycles. The van der Waals surface area contributed by atoms with Crippen molar-refractivity contribution in [2.75, 3.05) is 7.11 Å². The predicted molar refractivity (Wildman–Crippen MR) is 89.8 cm³/mol. The molecule has 2 aromatic carbocycles. The van der Waals surface area contributed by atoms with E-state index < -0.39 is 0 Å². The van der Waals surface area contributed by atoms with Crippen LogP contribution in [0.5, 0.6) is 11.5 Å². The van der Waals surface area contributed by atoms with Gasteiger partial charge in [0.15, 0.2) is 11.5 Å². The van der Waals surface area contributed by atoms with Crippen LogP contribution >= 0.6 is 12.2 Å². The number of nitrogens with two attached hydrogens (primary N) is 1.